The average molecular weight is 337 g/mol. The molecule has 0 aliphatic rings. The van der Waals surface area contributed by atoms with Gasteiger partial charge in [0.25, 0.3) is 5.91 Å². The predicted octanol–water partition coefficient (Wildman–Crippen LogP) is 3.60. The molecule has 130 valence electrons. The molecular weight excluding hydrogens is 314 g/mol. The van der Waals surface area contributed by atoms with Crippen molar-refractivity contribution in [2.75, 3.05) is 0 Å². The van der Waals surface area contributed by atoms with Crippen molar-refractivity contribution in [1.29, 1.82) is 0 Å². The van der Waals surface area contributed by atoms with E-state index >= 15 is 0 Å². The van der Waals surface area contributed by atoms with E-state index < -0.39 is 0 Å². The zero-order chi connectivity index (χ0) is 18.0. The van der Waals surface area contributed by atoms with E-state index in [0.29, 0.717) is 5.56 Å². The highest BCUT2D eigenvalue weighted by Gasteiger charge is 2.19. The molecule has 0 unspecified atom stereocenters. The summed E-state index contributed by atoms with van der Waals surface area (Å²) >= 11 is 0. The van der Waals surface area contributed by atoms with E-state index in [0.717, 1.165) is 28.8 Å². The van der Waals surface area contributed by atoms with Gasteiger partial charge >= 0.3 is 0 Å². The summed E-state index contributed by atoms with van der Waals surface area (Å²) in [6.45, 7) is 8.02. The fourth-order valence-electron chi connectivity index (χ4n) is 2.81. The minimum Gasteiger partial charge on any atom is -0.344 e. The Morgan fingerprint density at radius 3 is 2.80 bits per heavy atom. The van der Waals surface area contributed by atoms with Crippen LogP contribution in [-0.4, -0.2) is 25.7 Å². The van der Waals surface area contributed by atoms with Crippen molar-refractivity contribution in [2.45, 2.75) is 46.2 Å². The molecule has 3 rings (SSSR count). The van der Waals surface area contributed by atoms with Crippen LogP contribution in [0.15, 0.2) is 36.7 Å². The topological polar surface area (TPSA) is 72.7 Å². The molecule has 0 radical (unpaired) electrons. The lowest BCUT2D eigenvalue weighted by Gasteiger charge is -2.14. The number of aryl methyl sites for hydroxylation is 1. The van der Waals surface area contributed by atoms with E-state index in [9.17, 15) is 4.79 Å². The van der Waals surface area contributed by atoms with Crippen molar-refractivity contribution in [1.82, 2.24) is 25.1 Å². The molecule has 1 amide bonds. The smallest absolute Gasteiger partial charge is 0.252 e. The third-order valence-electron chi connectivity index (χ3n) is 4.43. The number of carbonyl (C=O) groups is 1. The Bertz CT molecular complexity index is 887. The first-order valence-electron chi connectivity index (χ1n) is 8.58. The average Bonchev–Trinajstić information content (AvgIpc) is 3.04. The Kier molecular flexibility index (Phi) is 4.79. The minimum atomic E-state index is -0.179. The Hall–Kier alpha value is -2.76. The van der Waals surface area contributed by atoms with Crippen LogP contribution in [0.4, 0.5) is 0 Å². The monoisotopic (exact) mass is 337 g/mol. The maximum absolute atomic E-state index is 12.8. The summed E-state index contributed by atoms with van der Waals surface area (Å²) in [4.78, 5) is 21.7. The third-order valence-corrected chi connectivity index (χ3v) is 4.43. The van der Waals surface area contributed by atoms with E-state index in [1.165, 1.54) is 0 Å². The number of hydrogen-bond acceptors (Lipinski definition) is 4. The number of carbonyl (C=O) groups excluding carboxylic acids is 1. The van der Waals surface area contributed by atoms with Gasteiger partial charge in [-0.2, -0.15) is 5.10 Å². The zero-order valence-corrected chi connectivity index (χ0v) is 15.0. The van der Waals surface area contributed by atoms with Gasteiger partial charge in [0.1, 0.15) is 0 Å². The van der Waals surface area contributed by atoms with Crippen molar-refractivity contribution >= 4 is 16.9 Å². The second-order valence-electron chi connectivity index (χ2n) is 6.34. The molecule has 0 aliphatic heterocycles. The fourth-order valence-corrected chi connectivity index (χ4v) is 2.81. The van der Waals surface area contributed by atoms with E-state index in [1.54, 1.807) is 12.4 Å². The molecule has 0 spiro atoms. The molecule has 0 fully saturated rings. The van der Waals surface area contributed by atoms with Gasteiger partial charge in [-0.25, -0.2) is 9.67 Å². The van der Waals surface area contributed by atoms with Gasteiger partial charge in [0.2, 0.25) is 0 Å². The number of pyridine rings is 2. The van der Waals surface area contributed by atoms with Crippen molar-refractivity contribution in [2.24, 2.45) is 0 Å². The second-order valence-corrected chi connectivity index (χ2v) is 6.34. The molecule has 2 atom stereocenters. The number of fused-ring (bicyclic) bond motifs is 1. The normalized spacial score (nSPS) is 13.6. The summed E-state index contributed by atoms with van der Waals surface area (Å²) in [6.07, 6.45) is 4.40. The van der Waals surface area contributed by atoms with Gasteiger partial charge in [-0.15, -0.1) is 0 Å². The lowest BCUT2D eigenvalue weighted by molar-refractivity contribution is 0.0940. The van der Waals surface area contributed by atoms with Gasteiger partial charge in [0.05, 0.1) is 34.9 Å². The Labute approximate surface area is 147 Å². The molecule has 6 heteroatoms. The molecule has 25 heavy (non-hydrogen) atoms. The molecule has 0 saturated carbocycles. The predicted molar refractivity (Wildman–Crippen MR) is 97.4 cm³/mol. The highest BCUT2D eigenvalue weighted by atomic mass is 16.1. The Morgan fingerprint density at radius 2 is 2.12 bits per heavy atom. The van der Waals surface area contributed by atoms with Crippen LogP contribution < -0.4 is 5.32 Å². The fraction of sp³-hybridized carbons (Fsp3) is 0.368. The van der Waals surface area contributed by atoms with Crippen molar-refractivity contribution in [3.63, 3.8) is 0 Å². The maximum Gasteiger partial charge on any atom is 0.252 e. The standard InChI is InChI=1S/C19H23N5O/c1-5-13(3)24-18-16(11-21-24)15(10-12(2)22-18)19(25)23-14(4)17-8-6-7-9-20-17/h6-11,13-14H,5H2,1-4H3,(H,23,25)/t13-,14+/m1/s1. The van der Waals surface area contributed by atoms with Crippen molar-refractivity contribution in [3.8, 4) is 0 Å². The van der Waals surface area contributed by atoms with E-state index in [2.05, 4.69) is 34.2 Å². The van der Waals surface area contributed by atoms with Gasteiger partial charge in [-0.05, 0) is 45.4 Å². The second kappa shape index (κ2) is 7.01. The molecule has 3 heterocycles. The van der Waals surface area contributed by atoms with E-state index in [1.807, 2.05) is 42.8 Å². The maximum atomic E-state index is 12.8. The number of aromatic nitrogens is 4. The molecule has 1 N–H and O–H groups in total. The summed E-state index contributed by atoms with van der Waals surface area (Å²) in [5.74, 6) is -0.141. The largest absolute Gasteiger partial charge is 0.344 e. The van der Waals surface area contributed by atoms with Crippen LogP contribution in [0.25, 0.3) is 11.0 Å². The van der Waals surface area contributed by atoms with Crippen LogP contribution in [0.2, 0.25) is 0 Å². The van der Waals surface area contributed by atoms with Gasteiger partial charge < -0.3 is 5.32 Å². The Morgan fingerprint density at radius 1 is 1.32 bits per heavy atom. The first-order chi connectivity index (χ1) is 12.0. The van der Waals surface area contributed by atoms with Crippen molar-refractivity contribution < 1.29 is 4.79 Å². The molecule has 0 bridgehead atoms. The molecule has 6 nitrogen and oxygen atoms in total. The highest BCUT2D eigenvalue weighted by molar-refractivity contribution is 6.05. The van der Waals surface area contributed by atoms with Crippen LogP contribution >= 0.6 is 0 Å². The van der Waals surface area contributed by atoms with Crippen LogP contribution in [0.1, 0.15) is 61.0 Å². The summed E-state index contributed by atoms with van der Waals surface area (Å²) in [7, 11) is 0. The molecule has 0 aromatic carbocycles. The molecule has 3 aromatic rings. The first-order valence-corrected chi connectivity index (χ1v) is 8.58. The van der Waals surface area contributed by atoms with Gasteiger partial charge in [-0.3, -0.25) is 9.78 Å². The molecule has 0 aliphatic carbocycles. The van der Waals surface area contributed by atoms with Gasteiger partial charge in [0.15, 0.2) is 5.65 Å². The summed E-state index contributed by atoms with van der Waals surface area (Å²) in [5.41, 5.74) is 2.98. The van der Waals surface area contributed by atoms with E-state index in [4.69, 9.17) is 0 Å². The molecular formula is C19H23N5O. The number of amides is 1. The SMILES string of the molecule is CC[C@@H](C)n1ncc2c(C(=O)N[C@@H](C)c3ccccn3)cc(C)nc21. The van der Waals surface area contributed by atoms with E-state index in [-0.39, 0.29) is 18.0 Å². The lowest BCUT2D eigenvalue weighted by Crippen LogP contribution is -2.27. The summed E-state index contributed by atoms with van der Waals surface area (Å²) in [6, 6.07) is 7.54. The van der Waals surface area contributed by atoms with Gasteiger partial charge in [0, 0.05) is 11.9 Å². The van der Waals surface area contributed by atoms with Crippen LogP contribution in [0.5, 0.6) is 0 Å². The quantitative estimate of drug-likeness (QED) is 0.772. The lowest BCUT2D eigenvalue weighted by atomic mass is 10.1. The van der Waals surface area contributed by atoms with Crippen molar-refractivity contribution in [3.05, 3.63) is 53.6 Å². The molecule has 0 saturated heterocycles. The highest BCUT2D eigenvalue weighted by Crippen LogP contribution is 2.23. The minimum absolute atomic E-state index is 0.141. The number of rotatable bonds is 5. The molecule has 3 aromatic heterocycles. The summed E-state index contributed by atoms with van der Waals surface area (Å²) < 4.78 is 1.89. The zero-order valence-electron chi connectivity index (χ0n) is 15.0. The van der Waals surface area contributed by atoms with Crippen LogP contribution in [0.3, 0.4) is 0 Å². The number of hydrogen-bond donors (Lipinski definition) is 1. The Balaban J connectivity index is 1.95. The summed E-state index contributed by atoms with van der Waals surface area (Å²) in [5, 5.41) is 8.24. The van der Waals surface area contributed by atoms with Crippen LogP contribution in [0, 0.1) is 6.92 Å². The number of nitrogens with one attached hydrogen (secondary N) is 1. The van der Waals surface area contributed by atoms with Gasteiger partial charge in [-0.1, -0.05) is 13.0 Å². The third kappa shape index (κ3) is 3.38. The first kappa shape index (κ1) is 17.1. The van der Waals surface area contributed by atoms with Crippen LogP contribution in [-0.2, 0) is 0 Å². The number of nitrogens with zero attached hydrogens (tertiary/aromatic N) is 4.